The highest BCUT2D eigenvalue weighted by molar-refractivity contribution is 6.00. The molecule has 0 saturated heterocycles. The number of nitrogens with zero attached hydrogens (tertiary/aromatic N) is 4. The number of hydrogen-bond acceptors (Lipinski definition) is 4. The Morgan fingerprint density at radius 1 is 1.40 bits per heavy atom. The summed E-state index contributed by atoms with van der Waals surface area (Å²) in [7, 11) is 1.72. The highest BCUT2D eigenvalue weighted by Gasteiger charge is 2.16. The summed E-state index contributed by atoms with van der Waals surface area (Å²) in [5.41, 5.74) is 7.04. The van der Waals surface area contributed by atoms with E-state index in [1.807, 2.05) is 16.9 Å². The molecule has 0 radical (unpaired) electrons. The fourth-order valence-electron chi connectivity index (χ4n) is 2.26. The van der Waals surface area contributed by atoms with E-state index < -0.39 is 0 Å². The van der Waals surface area contributed by atoms with Crippen LogP contribution in [0.3, 0.4) is 0 Å². The van der Waals surface area contributed by atoms with Crippen LogP contribution in [0.4, 0.5) is 5.82 Å². The van der Waals surface area contributed by atoms with Crippen molar-refractivity contribution in [1.82, 2.24) is 19.6 Å². The molecule has 0 aliphatic heterocycles. The molecule has 0 fully saturated rings. The van der Waals surface area contributed by atoms with Crippen LogP contribution in [0.25, 0.3) is 0 Å². The third-order valence-electron chi connectivity index (χ3n) is 3.61. The Bertz CT molecular complexity index is 594. The van der Waals surface area contributed by atoms with Gasteiger partial charge in [-0.25, -0.2) is 0 Å². The lowest BCUT2D eigenvalue weighted by Crippen LogP contribution is -2.10. The van der Waals surface area contributed by atoms with E-state index >= 15 is 0 Å². The van der Waals surface area contributed by atoms with Crippen molar-refractivity contribution in [3.05, 3.63) is 29.7 Å². The molecule has 0 saturated carbocycles. The van der Waals surface area contributed by atoms with Crippen molar-refractivity contribution in [2.75, 3.05) is 5.73 Å². The molecule has 20 heavy (non-hydrogen) atoms. The van der Waals surface area contributed by atoms with Gasteiger partial charge in [-0.3, -0.25) is 14.2 Å². The minimum Gasteiger partial charge on any atom is -0.383 e. The quantitative estimate of drug-likeness (QED) is 0.818. The predicted molar refractivity (Wildman–Crippen MR) is 77.5 cm³/mol. The lowest BCUT2D eigenvalue weighted by atomic mass is 10.1. The normalized spacial score (nSPS) is 11.2. The first-order chi connectivity index (χ1) is 9.56. The molecule has 0 atom stereocenters. The lowest BCUT2D eigenvalue weighted by Gasteiger charge is -2.12. The number of Topliss-reactive ketones (excluding diaryl/α,β-unsaturated/α-hetero) is 1. The van der Waals surface area contributed by atoms with Crippen molar-refractivity contribution in [3.8, 4) is 0 Å². The molecule has 0 unspecified atom stereocenters. The zero-order valence-electron chi connectivity index (χ0n) is 12.2. The second-order valence-electron chi connectivity index (χ2n) is 4.92. The van der Waals surface area contributed by atoms with Gasteiger partial charge in [0.15, 0.2) is 5.78 Å². The average Bonchev–Trinajstić information content (AvgIpc) is 3.00. The van der Waals surface area contributed by atoms with Crippen molar-refractivity contribution in [2.24, 2.45) is 7.05 Å². The van der Waals surface area contributed by atoms with Gasteiger partial charge in [-0.15, -0.1) is 0 Å². The van der Waals surface area contributed by atoms with Gasteiger partial charge in [-0.2, -0.15) is 10.2 Å². The van der Waals surface area contributed by atoms with Gasteiger partial charge in [0.1, 0.15) is 5.82 Å². The third-order valence-corrected chi connectivity index (χ3v) is 3.61. The zero-order chi connectivity index (χ0) is 14.7. The molecular formula is C14H21N5O. The molecule has 0 aromatic carbocycles. The number of aromatic nitrogens is 4. The number of carbonyl (C=O) groups is 1. The van der Waals surface area contributed by atoms with Gasteiger partial charge in [0.25, 0.3) is 0 Å². The molecule has 2 aromatic rings. The highest BCUT2D eigenvalue weighted by atomic mass is 16.1. The van der Waals surface area contributed by atoms with Crippen LogP contribution in [0.15, 0.2) is 18.5 Å². The molecule has 2 N–H and O–H groups in total. The van der Waals surface area contributed by atoms with Gasteiger partial charge in [0, 0.05) is 13.2 Å². The van der Waals surface area contributed by atoms with Crippen molar-refractivity contribution >= 4 is 11.6 Å². The summed E-state index contributed by atoms with van der Waals surface area (Å²) in [6.07, 6.45) is 5.76. The van der Waals surface area contributed by atoms with Crippen LogP contribution in [0, 0.1) is 0 Å². The molecule has 0 bridgehead atoms. The average molecular weight is 275 g/mol. The lowest BCUT2D eigenvalue weighted by molar-refractivity contribution is 0.0992. The van der Waals surface area contributed by atoms with E-state index in [0.717, 1.165) is 18.5 Å². The molecule has 2 rings (SSSR count). The van der Waals surface area contributed by atoms with Crippen molar-refractivity contribution < 1.29 is 4.79 Å². The van der Waals surface area contributed by atoms with Crippen molar-refractivity contribution in [3.63, 3.8) is 0 Å². The molecule has 108 valence electrons. The number of carbonyl (C=O) groups excluding carboxylic acids is 1. The predicted octanol–water partition coefficient (Wildman–Crippen LogP) is 1.99. The van der Waals surface area contributed by atoms with Gasteiger partial charge in [-0.05, 0) is 18.9 Å². The number of rotatable bonds is 6. The Hall–Kier alpha value is -2.11. The maximum absolute atomic E-state index is 12.2. The second-order valence-corrected chi connectivity index (χ2v) is 4.92. The number of anilines is 1. The Morgan fingerprint density at radius 2 is 2.10 bits per heavy atom. The standard InChI is InChI=1S/C14H21N5O/c1-4-11(5-2)19-7-6-10(17-19)8-13(20)12-9-16-18(3)14(12)15/h6-7,9,11H,4-5,8,15H2,1-3H3. The van der Waals surface area contributed by atoms with E-state index in [4.69, 9.17) is 5.73 Å². The van der Waals surface area contributed by atoms with Crippen LogP contribution in [0.1, 0.15) is 48.8 Å². The Labute approximate surface area is 118 Å². The molecule has 0 spiro atoms. The fourth-order valence-corrected chi connectivity index (χ4v) is 2.26. The first-order valence-electron chi connectivity index (χ1n) is 6.91. The molecule has 0 aliphatic carbocycles. The summed E-state index contributed by atoms with van der Waals surface area (Å²) in [6, 6.07) is 2.28. The van der Waals surface area contributed by atoms with E-state index in [1.54, 1.807) is 7.05 Å². The molecule has 0 amide bonds. The largest absolute Gasteiger partial charge is 0.383 e. The smallest absolute Gasteiger partial charge is 0.174 e. The summed E-state index contributed by atoms with van der Waals surface area (Å²) in [5, 5.41) is 8.47. The number of ketones is 1. The van der Waals surface area contributed by atoms with E-state index in [9.17, 15) is 4.79 Å². The number of hydrogen-bond donors (Lipinski definition) is 1. The van der Waals surface area contributed by atoms with E-state index in [1.165, 1.54) is 10.9 Å². The van der Waals surface area contributed by atoms with Gasteiger partial charge in [0.2, 0.25) is 0 Å². The van der Waals surface area contributed by atoms with E-state index in [-0.39, 0.29) is 12.2 Å². The van der Waals surface area contributed by atoms with Crippen LogP contribution in [0.5, 0.6) is 0 Å². The summed E-state index contributed by atoms with van der Waals surface area (Å²) in [6.45, 7) is 4.27. The Kier molecular flexibility index (Phi) is 4.22. The summed E-state index contributed by atoms with van der Waals surface area (Å²) in [5.74, 6) is 0.347. The van der Waals surface area contributed by atoms with Crippen LogP contribution in [-0.2, 0) is 13.5 Å². The zero-order valence-corrected chi connectivity index (χ0v) is 12.2. The van der Waals surface area contributed by atoms with Crippen LogP contribution < -0.4 is 5.73 Å². The summed E-state index contributed by atoms with van der Waals surface area (Å²) in [4.78, 5) is 12.2. The topological polar surface area (TPSA) is 78.7 Å². The molecule has 6 heteroatoms. The first kappa shape index (κ1) is 14.3. The van der Waals surface area contributed by atoms with E-state index in [2.05, 4.69) is 24.0 Å². The van der Waals surface area contributed by atoms with Gasteiger partial charge >= 0.3 is 0 Å². The highest BCUT2D eigenvalue weighted by Crippen LogP contribution is 2.16. The fraction of sp³-hybridized carbons (Fsp3) is 0.500. The Balaban J connectivity index is 2.11. The van der Waals surface area contributed by atoms with Crippen molar-refractivity contribution in [1.29, 1.82) is 0 Å². The third kappa shape index (κ3) is 2.74. The summed E-state index contributed by atoms with van der Waals surface area (Å²) >= 11 is 0. The molecule has 2 heterocycles. The SMILES string of the molecule is CCC(CC)n1ccc(CC(=O)c2cnn(C)c2N)n1. The second kappa shape index (κ2) is 5.90. The van der Waals surface area contributed by atoms with Gasteiger partial charge in [0.05, 0.1) is 29.9 Å². The van der Waals surface area contributed by atoms with Gasteiger partial charge in [-0.1, -0.05) is 13.8 Å². The number of nitrogens with two attached hydrogens (primary N) is 1. The monoisotopic (exact) mass is 275 g/mol. The van der Waals surface area contributed by atoms with Gasteiger partial charge < -0.3 is 5.73 Å². The summed E-state index contributed by atoms with van der Waals surface area (Å²) < 4.78 is 3.44. The molecule has 0 aliphatic rings. The van der Waals surface area contributed by atoms with E-state index in [0.29, 0.717) is 17.4 Å². The number of nitrogen functional groups attached to an aromatic ring is 1. The Morgan fingerprint density at radius 3 is 2.65 bits per heavy atom. The minimum absolute atomic E-state index is 0.0506. The van der Waals surface area contributed by atoms with Crippen molar-refractivity contribution in [2.45, 2.75) is 39.2 Å². The molecule has 2 aromatic heterocycles. The number of aryl methyl sites for hydroxylation is 1. The van der Waals surface area contributed by atoms with Crippen LogP contribution in [0.2, 0.25) is 0 Å². The maximum Gasteiger partial charge on any atom is 0.174 e. The first-order valence-corrected chi connectivity index (χ1v) is 6.91. The van der Waals surface area contributed by atoms with Crippen LogP contribution in [-0.4, -0.2) is 25.3 Å². The molecular weight excluding hydrogens is 254 g/mol. The minimum atomic E-state index is -0.0506. The maximum atomic E-state index is 12.2. The molecule has 6 nitrogen and oxygen atoms in total. The van der Waals surface area contributed by atoms with Crippen LogP contribution >= 0.6 is 0 Å².